The van der Waals surface area contributed by atoms with E-state index in [9.17, 15) is 5.11 Å². The van der Waals surface area contributed by atoms with Crippen molar-refractivity contribution in [1.29, 1.82) is 0 Å². The predicted octanol–water partition coefficient (Wildman–Crippen LogP) is 2.89. The first kappa shape index (κ1) is 12.7. The number of aliphatic imine (C=N–C) groups is 1. The van der Waals surface area contributed by atoms with Gasteiger partial charge in [0.15, 0.2) is 3.95 Å². The predicted molar refractivity (Wildman–Crippen MR) is 71.8 cm³/mol. The molecule has 1 aliphatic heterocycles. The molecule has 1 aromatic rings. The van der Waals surface area contributed by atoms with Gasteiger partial charge in [-0.1, -0.05) is 18.3 Å². The molecule has 0 aromatic carbocycles. The van der Waals surface area contributed by atoms with Crippen LogP contribution in [0.4, 0.5) is 0 Å². The Balaban J connectivity index is 2.12. The standard InChI is InChI=1S/C11H16N2O2S2/c1-2-8(9-10(14)13-11(16)17-9)12-6-7-4-3-5-15-7/h7,14H,2-6H2,1H3,(H,13,16). The Morgan fingerprint density at radius 3 is 3.06 bits per heavy atom. The number of aromatic hydroxyl groups is 1. The lowest BCUT2D eigenvalue weighted by Gasteiger charge is -2.07. The van der Waals surface area contributed by atoms with E-state index in [0.29, 0.717) is 10.5 Å². The third kappa shape index (κ3) is 3.14. The molecule has 2 heterocycles. The lowest BCUT2D eigenvalue weighted by atomic mass is 10.2. The summed E-state index contributed by atoms with van der Waals surface area (Å²) in [6.07, 6.45) is 3.22. The fourth-order valence-electron chi connectivity index (χ4n) is 1.86. The molecule has 0 radical (unpaired) electrons. The van der Waals surface area contributed by atoms with Gasteiger partial charge in [-0.05, 0) is 31.5 Å². The molecule has 2 N–H and O–H groups in total. The molecular formula is C11H16N2O2S2. The van der Waals surface area contributed by atoms with Gasteiger partial charge in [0.25, 0.3) is 0 Å². The van der Waals surface area contributed by atoms with Gasteiger partial charge >= 0.3 is 0 Å². The number of rotatable bonds is 4. The normalized spacial score (nSPS) is 21.0. The van der Waals surface area contributed by atoms with E-state index in [2.05, 4.69) is 9.98 Å². The summed E-state index contributed by atoms with van der Waals surface area (Å²) < 4.78 is 6.10. The number of thiazole rings is 1. The molecule has 1 aromatic heterocycles. The van der Waals surface area contributed by atoms with Gasteiger partial charge in [0.2, 0.25) is 5.88 Å². The number of H-pyrrole nitrogens is 1. The van der Waals surface area contributed by atoms with Crippen molar-refractivity contribution in [3.63, 3.8) is 0 Å². The Kier molecular flexibility index (Phi) is 4.31. The summed E-state index contributed by atoms with van der Waals surface area (Å²) in [4.78, 5) is 8.03. The average molecular weight is 272 g/mol. The molecule has 0 saturated carbocycles. The smallest absolute Gasteiger partial charge is 0.209 e. The third-order valence-electron chi connectivity index (χ3n) is 2.74. The minimum absolute atomic E-state index is 0.132. The Morgan fingerprint density at radius 2 is 2.53 bits per heavy atom. The monoisotopic (exact) mass is 272 g/mol. The summed E-state index contributed by atoms with van der Waals surface area (Å²) in [6.45, 7) is 3.54. The number of nitrogens with one attached hydrogen (secondary N) is 1. The summed E-state index contributed by atoms with van der Waals surface area (Å²) in [5.41, 5.74) is 0.898. The maximum absolute atomic E-state index is 9.70. The zero-order chi connectivity index (χ0) is 12.3. The third-order valence-corrected chi connectivity index (χ3v) is 4.01. The van der Waals surface area contributed by atoms with Crippen LogP contribution < -0.4 is 0 Å². The average Bonchev–Trinajstić information content (AvgIpc) is 2.90. The largest absolute Gasteiger partial charge is 0.493 e. The summed E-state index contributed by atoms with van der Waals surface area (Å²) in [5.74, 6) is 0.132. The van der Waals surface area contributed by atoms with Gasteiger partial charge in [-0.25, -0.2) is 0 Å². The van der Waals surface area contributed by atoms with Gasteiger partial charge in [0.1, 0.15) is 4.88 Å². The summed E-state index contributed by atoms with van der Waals surface area (Å²) >= 11 is 6.37. The first-order valence-electron chi connectivity index (χ1n) is 5.78. The quantitative estimate of drug-likeness (QED) is 0.654. The number of ether oxygens (including phenoxy) is 1. The highest BCUT2D eigenvalue weighted by atomic mass is 32.1. The van der Waals surface area contributed by atoms with Crippen LogP contribution in [-0.2, 0) is 4.74 Å². The molecule has 6 heteroatoms. The van der Waals surface area contributed by atoms with Gasteiger partial charge < -0.3 is 14.8 Å². The maximum atomic E-state index is 9.70. The fourth-order valence-corrected chi connectivity index (χ4v) is 3.01. The van der Waals surface area contributed by atoms with E-state index in [-0.39, 0.29) is 12.0 Å². The molecule has 4 nitrogen and oxygen atoms in total. The van der Waals surface area contributed by atoms with Gasteiger partial charge in [-0.15, -0.1) is 0 Å². The van der Waals surface area contributed by atoms with Gasteiger partial charge in [0, 0.05) is 6.61 Å². The Labute approximate surface area is 109 Å². The molecule has 0 amide bonds. The van der Waals surface area contributed by atoms with Crippen LogP contribution in [0.5, 0.6) is 5.88 Å². The van der Waals surface area contributed by atoms with Crippen molar-refractivity contribution in [2.24, 2.45) is 4.99 Å². The van der Waals surface area contributed by atoms with Crippen molar-refractivity contribution in [3.05, 3.63) is 8.83 Å². The molecule has 1 saturated heterocycles. The molecule has 94 valence electrons. The number of nitrogens with zero attached hydrogens (tertiary/aromatic N) is 1. The fraction of sp³-hybridized carbons (Fsp3) is 0.636. The summed E-state index contributed by atoms with van der Waals surface area (Å²) in [7, 11) is 0. The van der Waals surface area contributed by atoms with Crippen LogP contribution in [0.1, 0.15) is 31.1 Å². The summed E-state index contributed by atoms with van der Waals surface area (Å²) in [5, 5.41) is 9.70. The first-order chi connectivity index (χ1) is 8.20. The highest BCUT2D eigenvalue weighted by Crippen LogP contribution is 2.24. The molecule has 1 fully saturated rings. The topological polar surface area (TPSA) is 57.6 Å². The Hall–Kier alpha value is -0.720. The first-order valence-corrected chi connectivity index (χ1v) is 7.00. The van der Waals surface area contributed by atoms with E-state index in [4.69, 9.17) is 17.0 Å². The van der Waals surface area contributed by atoms with Crippen molar-refractivity contribution in [3.8, 4) is 5.88 Å². The number of hydrogen-bond acceptors (Lipinski definition) is 5. The molecule has 1 unspecified atom stereocenters. The van der Waals surface area contributed by atoms with E-state index in [0.717, 1.165) is 36.5 Å². The van der Waals surface area contributed by atoms with E-state index in [1.807, 2.05) is 6.92 Å². The number of hydrogen-bond donors (Lipinski definition) is 2. The Morgan fingerprint density at radius 1 is 1.71 bits per heavy atom. The lowest BCUT2D eigenvalue weighted by molar-refractivity contribution is 0.118. The molecule has 0 bridgehead atoms. The Bertz CT molecular complexity index is 458. The van der Waals surface area contributed by atoms with Crippen molar-refractivity contribution in [1.82, 2.24) is 4.98 Å². The van der Waals surface area contributed by atoms with Crippen LogP contribution in [0.15, 0.2) is 4.99 Å². The van der Waals surface area contributed by atoms with Crippen molar-refractivity contribution >= 4 is 29.3 Å². The second-order valence-electron chi connectivity index (χ2n) is 3.97. The molecular weight excluding hydrogens is 256 g/mol. The second kappa shape index (κ2) is 5.75. The highest BCUT2D eigenvalue weighted by Gasteiger charge is 2.16. The zero-order valence-electron chi connectivity index (χ0n) is 9.73. The van der Waals surface area contributed by atoms with E-state index in [1.165, 1.54) is 11.3 Å². The second-order valence-corrected chi connectivity index (χ2v) is 5.66. The minimum atomic E-state index is 0.132. The van der Waals surface area contributed by atoms with Crippen molar-refractivity contribution in [2.45, 2.75) is 32.3 Å². The SMILES string of the molecule is CCC(=NCC1CCCO1)c1sc(=S)[nH]c1O. The van der Waals surface area contributed by atoms with Gasteiger partial charge in [0.05, 0.1) is 18.4 Å². The van der Waals surface area contributed by atoms with Crippen molar-refractivity contribution < 1.29 is 9.84 Å². The van der Waals surface area contributed by atoms with Gasteiger partial charge in [-0.2, -0.15) is 0 Å². The maximum Gasteiger partial charge on any atom is 0.209 e. The molecule has 1 aliphatic rings. The molecule has 2 rings (SSSR count). The van der Waals surface area contributed by atoms with Crippen LogP contribution in [0, 0.1) is 3.95 Å². The van der Waals surface area contributed by atoms with Crippen LogP contribution in [0.25, 0.3) is 0 Å². The van der Waals surface area contributed by atoms with E-state index < -0.39 is 0 Å². The molecule has 0 aliphatic carbocycles. The van der Waals surface area contributed by atoms with Crippen LogP contribution in [0.2, 0.25) is 0 Å². The van der Waals surface area contributed by atoms with Crippen LogP contribution in [-0.4, -0.2) is 35.1 Å². The van der Waals surface area contributed by atoms with E-state index >= 15 is 0 Å². The molecule has 1 atom stereocenters. The lowest BCUT2D eigenvalue weighted by Crippen LogP contribution is -2.11. The van der Waals surface area contributed by atoms with Crippen molar-refractivity contribution in [2.75, 3.05) is 13.2 Å². The van der Waals surface area contributed by atoms with E-state index in [1.54, 1.807) is 0 Å². The van der Waals surface area contributed by atoms with Gasteiger partial charge in [-0.3, -0.25) is 4.99 Å². The van der Waals surface area contributed by atoms with Crippen LogP contribution >= 0.6 is 23.6 Å². The molecule has 0 spiro atoms. The molecule has 17 heavy (non-hydrogen) atoms. The zero-order valence-corrected chi connectivity index (χ0v) is 11.4. The number of aromatic nitrogens is 1. The van der Waals surface area contributed by atoms with Crippen LogP contribution in [0.3, 0.4) is 0 Å². The minimum Gasteiger partial charge on any atom is -0.493 e. The number of aromatic amines is 1. The summed E-state index contributed by atoms with van der Waals surface area (Å²) in [6, 6.07) is 0. The highest BCUT2D eigenvalue weighted by molar-refractivity contribution is 7.73.